The number of benzene rings is 3. The highest BCUT2D eigenvalue weighted by Crippen LogP contribution is 2.20. The Balaban J connectivity index is 1.45. The molecule has 3 aromatic carbocycles. The van der Waals surface area contributed by atoms with Gasteiger partial charge in [-0.3, -0.25) is 0 Å². The van der Waals surface area contributed by atoms with Crippen LogP contribution in [0, 0.1) is 13.8 Å². The molecule has 0 aliphatic carbocycles. The molecule has 0 saturated heterocycles. The van der Waals surface area contributed by atoms with Gasteiger partial charge in [-0.1, -0.05) is 36.4 Å². The largest absolute Gasteiger partial charge is 0.482 e. The molecule has 0 fully saturated rings. The molecule has 154 valence electrons. The van der Waals surface area contributed by atoms with Crippen LogP contribution < -0.4 is 18.9 Å². The normalized spacial score (nSPS) is 10.2. The summed E-state index contributed by atoms with van der Waals surface area (Å²) in [5, 5.41) is 0. The predicted octanol–water partition coefficient (Wildman–Crippen LogP) is 4.27. The van der Waals surface area contributed by atoms with Crippen molar-refractivity contribution < 1.29 is 28.5 Å². The van der Waals surface area contributed by atoms with Gasteiger partial charge in [-0.15, -0.1) is 0 Å². The van der Waals surface area contributed by atoms with Gasteiger partial charge in [0, 0.05) is 0 Å². The van der Waals surface area contributed by atoms with Crippen LogP contribution in [0.3, 0.4) is 0 Å². The van der Waals surface area contributed by atoms with E-state index in [9.17, 15) is 9.59 Å². The lowest BCUT2D eigenvalue weighted by atomic mass is 10.2. The van der Waals surface area contributed by atoms with E-state index in [0.29, 0.717) is 23.0 Å². The van der Waals surface area contributed by atoms with Crippen LogP contribution in [0.1, 0.15) is 11.1 Å². The minimum absolute atomic E-state index is 0.210. The molecule has 0 N–H and O–H groups in total. The first-order valence-electron chi connectivity index (χ1n) is 9.39. The number of hydrogen-bond donors (Lipinski definition) is 0. The fourth-order valence-electron chi connectivity index (χ4n) is 2.61. The molecule has 0 aromatic heterocycles. The van der Waals surface area contributed by atoms with Gasteiger partial charge in [0.15, 0.2) is 13.2 Å². The quantitative estimate of drug-likeness (QED) is 0.411. The molecule has 0 amide bonds. The Morgan fingerprint density at radius 3 is 1.33 bits per heavy atom. The molecule has 3 aromatic rings. The molecule has 6 heteroatoms. The Labute approximate surface area is 175 Å². The van der Waals surface area contributed by atoms with Crippen LogP contribution in [0.25, 0.3) is 0 Å². The fraction of sp³-hybridized carbons (Fsp3) is 0.167. The topological polar surface area (TPSA) is 71.1 Å². The molecule has 30 heavy (non-hydrogen) atoms. The first kappa shape index (κ1) is 20.9. The van der Waals surface area contributed by atoms with Gasteiger partial charge in [-0.2, -0.15) is 0 Å². The summed E-state index contributed by atoms with van der Waals surface area (Å²) in [5.41, 5.74) is 1.87. The van der Waals surface area contributed by atoms with E-state index in [-0.39, 0.29) is 13.2 Å². The second-order valence-corrected chi connectivity index (χ2v) is 6.53. The number of hydrogen-bond acceptors (Lipinski definition) is 6. The number of esters is 2. The molecular formula is C24H22O6. The Kier molecular flexibility index (Phi) is 7.05. The van der Waals surface area contributed by atoms with Gasteiger partial charge in [0.25, 0.3) is 0 Å². The maximum absolute atomic E-state index is 12.0. The molecule has 0 atom stereocenters. The van der Waals surface area contributed by atoms with Gasteiger partial charge < -0.3 is 18.9 Å². The zero-order valence-corrected chi connectivity index (χ0v) is 16.8. The SMILES string of the molecule is Cc1ccccc1OCC(=O)Oc1ccc(OC(=O)COc2ccccc2C)cc1. The minimum atomic E-state index is -0.533. The molecule has 0 heterocycles. The summed E-state index contributed by atoms with van der Waals surface area (Å²) in [4.78, 5) is 23.9. The van der Waals surface area contributed by atoms with Crippen LogP contribution in [0.2, 0.25) is 0 Å². The number of ether oxygens (including phenoxy) is 4. The van der Waals surface area contributed by atoms with Crippen LogP contribution in [0.5, 0.6) is 23.0 Å². The highest BCUT2D eigenvalue weighted by molar-refractivity contribution is 5.75. The zero-order chi connectivity index (χ0) is 21.3. The van der Waals surface area contributed by atoms with Crippen molar-refractivity contribution in [3.8, 4) is 23.0 Å². The maximum Gasteiger partial charge on any atom is 0.349 e. The van der Waals surface area contributed by atoms with Crippen LogP contribution in [0.15, 0.2) is 72.8 Å². The molecule has 0 spiro atoms. The van der Waals surface area contributed by atoms with Crippen molar-refractivity contribution in [3.63, 3.8) is 0 Å². The van der Waals surface area contributed by atoms with Crippen LogP contribution >= 0.6 is 0 Å². The Morgan fingerprint density at radius 2 is 0.967 bits per heavy atom. The summed E-state index contributed by atoms with van der Waals surface area (Å²) < 4.78 is 21.4. The summed E-state index contributed by atoms with van der Waals surface area (Å²) in [6.45, 7) is 3.37. The second-order valence-electron chi connectivity index (χ2n) is 6.53. The van der Waals surface area contributed by atoms with Crippen molar-refractivity contribution in [1.82, 2.24) is 0 Å². The molecule has 0 bridgehead atoms. The number of carbonyl (C=O) groups is 2. The van der Waals surface area contributed by atoms with Gasteiger partial charge in [0.1, 0.15) is 23.0 Å². The molecule has 3 rings (SSSR count). The Morgan fingerprint density at radius 1 is 0.600 bits per heavy atom. The van der Waals surface area contributed by atoms with Crippen molar-refractivity contribution in [2.75, 3.05) is 13.2 Å². The summed E-state index contributed by atoms with van der Waals surface area (Å²) in [5.74, 6) is 0.840. The molecule has 0 saturated carbocycles. The molecule has 0 radical (unpaired) electrons. The first-order chi connectivity index (χ1) is 14.5. The maximum atomic E-state index is 12.0. The molecule has 0 unspecified atom stereocenters. The third-order valence-corrected chi connectivity index (χ3v) is 4.17. The summed E-state index contributed by atoms with van der Waals surface area (Å²) >= 11 is 0. The lowest BCUT2D eigenvalue weighted by Crippen LogP contribution is -2.18. The monoisotopic (exact) mass is 406 g/mol. The van der Waals surface area contributed by atoms with E-state index in [4.69, 9.17) is 18.9 Å². The average Bonchev–Trinajstić information content (AvgIpc) is 2.74. The van der Waals surface area contributed by atoms with Gasteiger partial charge in [-0.05, 0) is 61.4 Å². The third kappa shape index (κ3) is 6.10. The third-order valence-electron chi connectivity index (χ3n) is 4.17. The van der Waals surface area contributed by atoms with E-state index in [1.54, 1.807) is 12.1 Å². The first-order valence-corrected chi connectivity index (χ1v) is 9.39. The van der Waals surface area contributed by atoms with E-state index >= 15 is 0 Å². The van der Waals surface area contributed by atoms with Crippen molar-refractivity contribution >= 4 is 11.9 Å². The lowest BCUT2D eigenvalue weighted by molar-refractivity contribution is -0.137. The summed E-state index contributed by atoms with van der Waals surface area (Å²) in [6.07, 6.45) is 0. The van der Waals surface area contributed by atoms with Gasteiger partial charge in [0.05, 0.1) is 0 Å². The van der Waals surface area contributed by atoms with E-state index in [0.717, 1.165) is 11.1 Å². The second kappa shape index (κ2) is 10.1. The van der Waals surface area contributed by atoms with Crippen molar-refractivity contribution in [1.29, 1.82) is 0 Å². The zero-order valence-electron chi connectivity index (χ0n) is 16.8. The van der Waals surface area contributed by atoms with E-state index < -0.39 is 11.9 Å². The van der Waals surface area contributed by atoms with E-state index in [2.05, 4.69) is 0 Å². The predicted molar refractivity (Wildman–Crippen MR) is 111 cm³/mol. The standard InChI is InChI=1S/C24H22O6/c1-17-7-3-5-9-21(17)27-15-23(25)29-19-11-13-20(14-12-19)30-24(26)16-28-22-10-6-4-8-18(22)2/h3-14H,15-16H2,1-2H3. The molecule has 0 aliphatic rings. The number of rotatable bonds is 8. The summed E-state index contributed by atoms with van der Waals surface area (Å²) in [7, 11) is 0. The Bertz CT molecular complexity index is 928. The van der Waals surface area contributed by atoms with Crippen molar-refractivity contribution in [2.45, 2.75) is 13.8 Å². The highest BCUT2D eigenvalue weighted by atomic mass is 16.6. The van der Waals surface area contributed by atoms with E-state index in [1.165, 1.54) is 24.3 Å². The number of para-hydroxylation sites is 2. The Hall–Kier alpha value is -3.80. The van der Waals surface area contributed by atoms with Crippen LogP contribution in [0.4, 0.5) is 0 Å². The van der Waals surface area contributed by atoms with Crippen LogP contribution in [-0.4, -0.2) is 25.2 Å². The number of carbonyl (C=O) groups excluding carboxylic acids is 2. The van der Waals surface area contributed by atoms with Gasteiger partial charge in [-0.25, -0.2) is 9.59 Å². The molecule has 6 nitrogen and oxygen atoms in total. The van der Waals surface area contributed by atoms with Gasteiger partial charge in [0.2, 0.25) is 0 Å². The average molecular weight is 406 g/mol. The van der Waals surface area contributed by atoms with Crippen molar-refractivity contribution in [3.05, 3.63) is 83.9 Å². The van der Waals surface area contributed by atoms with Crippen LogP contribution in [-0.2, 0) is 9.59 Å². The minimum Gasteiger partial charge on any atom is -0.482 e. The van der Waals surface area contributed by atoms with E-state index in [1.807, 2.05) is 50.2 Å². The van der Waals surface area contributed by atoms with Gasteiger partial charge >= 0.3 is 11.9 Å². The molecule has 0 aliphatic heterocycles. The highest BCUT2D eigenvalue weighted by Gasteiger charge is 2.10. The van der Waals surface area contributed by atoms with Crippen molar-refractivity contribution in [2.24, 2.45) is 0 Å². The molecular weight excluding hydrogens is 384 g/mol. The lowest BCUT2D eigenvalue weighted by Gasteiger charge is -2.10. The summed E-state index contributed by atoms with van der Waals surface area (Å²) in [6, 6.07) is 21.0. The number of aryl methyl sites for hydroxylation is 2. The fourth-order valence-corrected chi connectivity index (χ4v) is 2.61. The smallest absolute Gasteiger partial charge is 0.349 e.